The first-order valence-electron chi connectivity index (χ1n) is 8.64. The normalized spacial score (nSPS) is 15.3. The molecule has 1 aliphatic carbocycles. The summed E-state index contributed by atoms with van der Waals surface area (Å²) < 4.78 is 5.46. The molecule has 3 rings (SSSR count). The van der Waals surface area contributed by atoms with Gasteiger partial charge in [0.05, 0.1) is 18.6 Å². The van der Waals surface area contributed by atoms with Crippen molar-refractivity contribution < 1.29 is 9.21 Å². The van der Waals surface area contributed by atoms with Crippen LogP contribution in [0.2, 0.25) is 0 Å². The number of furan rings is 1. The van der Waals surface area contributed by atoms with E-state index in [0.29, 0.717) is 18.2 Å². The van der Waals surface area contributed by atoms with Gasteiger partial charge >= 0.3 is 0 Å². The van der Waals surface area contributed by atoms with Gasteiger partial charge in [-0.15, -0.1) is 11.8 Å². The number of thioether (sulfide) groups is 1. The first kappa shape index (κ1) is 17.1. The average Bonchev–Trinajstić information content (AvgIpc) is 3.14. The van der Waals surface area contributed by atoms with Crippen molar-refractivity contribution in [1.29, 1.82) is 0 Å². The molecular weight excluding hydrogens is 320 g/mol. The van der Waals surface area contributed by atoms with Gasteiger partial charge in [0, 0.05) is 23.8 Å². The molecule has 2 aromatic rings. The third-order valence-corrected chi connectivity index (χ3v) is 5.49. The first-order chi connectivity index (χ1) is 11.8. The van der Waals surface area contributed by atoms with Gasteiger partial charge in [-0.05, 0) is 43.0 Å². The summed E-state index contributed by atoms with van der Waals surface area (Å²) >= 11 is 1.57. The highest BCUT2D eigenvalue weighted by atomic mass is 32.2. The Balaban J connectivity index is 1.59. The molecule has 2 heterocycles. The maximum Gasteiger partial charge on any atom is 0.233 e. The summed E-state index contributed by atoms with van der Waals surface area (Å²) in [5.41, 5.74) is 0. The monoisotopic (exact) mass is 344 g/mol. The Bertz CT molecular complexity index is 610. The molecule has 0 unspecified atom stereocenters. The second-order valence-electron chi connectivity index (χ2n) is 6.33. The molecule has 1 saturated carbocycles. The smallest absolute Gasteiger partial charge is 0.233 e. The van der Waals surface area contributed by atoms with Crippen molar-refractivity contribution in [3.63, 3.8) is 0 Å². The van der Waals surface area contributed by atoms with Crippen molar-refractivity contribution in [3.8, 4) is 0 Å². The lowest BCUT2D eigenvalue weighted by Crippen LogP contribution is -2.36. The molecule has 0 spiro atoms. The molecule has 0 saturated heterocycles. The molecule has 0 atom stereocenters. The van der Waals surface area contributed by atoms with E-state index >= 15 is 0 Å². The standard InChI is InChI=1S/C19H24N2O2S/c22-19(15-24-18-8-10-20-11-9-18)21(14-17-7-4-12-23-17)13-16-5-2-1-3-6-16/h4,7-12,16H,1-3,5-6,13-15H2. The van der Waals surface area contributed by atoms with Crippen molar-refractivity contribution in [2.45, 2.75) is 43.5 Å². The van der Waals surface area contributed by atoms with E-state index in [9.17, 15) is 4.79 Å². The number of carbonyl (C=O) groups is 1. The summed E-state index contributed by atoms with van der Waals surface area (Å²) in [4.78, 5) is 19.8. The number of pyridine rings is 1. The Hall–Kier alpha value is -1.75. The summed E-state index contributed by atoms with van der Waals surface area (Å²) in [6.07, 6.45) is 11.6. The third-order valence-electron chi connectivity index (χ3n) is 4.49. The molecule has 5 heteroatoms. The molecule has 128 valence electrons. The molecule has 1 amide bonds. The van der Waals surface area contributed by atoms with Crippen LogP contribution in [0.3, 0.4) is 0 Å². The Morgan fingerprint density at radius 1 is 1.21 bits per heavy atom. The van der Waals surface area contributed by atoms with E-state index in [2.05, 4.69) is 4.98 Å². The SMILES string of the molecule is O=C(CSc1ccncc1)N(Cc1ccco1)CC1CCCCC1. The Kier molecular flexibility index (Phi) is 6.35. The average molecular weight is 344 g/mol. The summed E-state index contributed by atoms with van der Waals surface area (Å²) in [5.74, 6) is 2.12. The fourth-order valence-corrected chi connectivity index (χ4v) is 3.98. The van der Waals surface area contributed by atoms with Gasteiger partial charge in [-0.25, -0.2) is 0 Å². The van der Waals surface area contributed by atoms with E-state index < -0.39 is 0 Å². The van der Waals surface area contributed by atoms with Crippen LogP contribution < -0.4 is 0 Å². The maximum absolute atomic E-state index is 12.8. The highest BCUT2D eigenvalue weighted by Gasteiger charge is 2.22. The van der Waals surface area contributed by atoms with E-state index in [1.165, 1.54) is 32.1 Å². The van der Waals surface area contributed by atoms with E-state index in [-0.39, 0.29) is 5.91 Å². The van der Waals surface area contributed by atoms with Crippen LogP contribution in [0.5, 0.6) is 0 Å². The zero-order valence-electron chi connectivity index (χ0n) is 13.9. The van der Waals surface area contributed by atoms with Crippen LogP contribution in [-0.2, 0) is 11.3 Å². The molecule has 1 aliphatic rings. The lowest BCUT2D eigenvalue weighted by Gasteiger charge is -2.29. The van der Waals surface area contributed by atoms with E-state index in [4.69, 9.17) is 4.42 Å². The van der Waals surface area contributed by atoms with Gasteiger partial charge in [-0.1, -0.05) is 19.3 Å². The lowest BCUT2D eigenvalue weighted by atomic mass is 9.89. The van der Waals surface area contributed by atoms with Crippen molar-refractivity contribution >= 4 is 17.7 Å². The zero-order chi connectivity index (χ0) is 16.6. The van der Waals surface area contributed by atoms with Gasteiger partial charge in [0.15, 0.2) is 0 Å². The summed E-state index contributed by atoms with van der Waals surface area (Å²) in [5, 5.41) is 0. The predicted octanol–water partition coefficient (Wildman–Crippen LogP) is 4.38. The zero-order valence-corrected chi connectivity index (χ0v) is 14.7. The number of rotatable bonds is 7. The van der Waals surface area contributed by atoms with Crippen LogP contribution in [0.1, 0.15) is 37.9 Å². The molecule has 0 aromatic carbocycles. The van der Waals surface area contributed by atoms with Gasteiger partial charge in [0.25, 0.3) is 0 Å². The van der Waals surface area contributed by atoms with Gasteiger partial charge in [-0.3, -0.25) is 9.78 Å². The summed E-state index contributed by atoms with van der Waals surface area (Å²) in [7, 11) is 0. The van der Waals surface area contributed by atoms with Crippen LogP contribution in [0.4, 0.5) is 0 Å². The van der Waals surface area contributed by atoms with E-state index in [0.717, 1.165) is 17.2 Å². The van der Waals surface area contributed by atoms with E-state index in [1.807, 2.05) is 29.2 Å². The van der Waals surface area contributed by atoms with Crippen molar-refractivity contribution in [2.24, 2.45) is 5.92 Å². The molecule has 1 fully saturated rings. The Labute approximate surface area is 147 Å². The molecule has 24 heavy (non-hydrogen) atoms. The van der Waals surface area contributed by atoms with Crippen molar-refractivity contribution in [2.75, 3.05) is 12.3 Å². The highest BCUT2D eigenvalue weighted by Crippen LogP contribution is 2.26. The number of amides is 1. The van der Waals surface area contributed by atoms with Gasteiger partial charge in [0.2, 0.25) is 5.91 Å². The van der Waals surface area contributed by atoms with E-state index in [1.54, 1.807) is 30.4 Å². The minimum atomic E-state index is 0.179. The van der Waals surface area contributed by atoms with Crippen LogP contribution in [-0.4, -0.2) is 28.1 Å². The number of hydrogen-bond acceptors (Lipinski definition) is 4. The summed E-state index contributed by atoms with van der Waals surface area (Å²) in [6, 6.07) is 7.70. The second-order valence-corrected chi connectivity index (χ2v) is 7.38. The number of nitrogens with zero attached hydrogens (tertiary/aromatic N) is 2. The first-order valence-corrected chi connectivity index (χ1v) is 9.63. The molecule has 4 nitrogen and oxygen atoms in total. The fourth-order valence-electron chi connectivity index (χ4n) is 3.20. The summed E-state index contributed by atoms with van der Waals surface area (Å²) in [6.45, 7) is 1.41. The van der Waals surface area contributed by atoms with Gasteiger partial charge < -0.3 is 9.32 Å². The van der Waals surface area contributed by atoms with Crippen LogP contribution in [0.25, 0.3) is 0 Å². The predicted molar refractivity (Wildman–Crippen MR) is 95.7 cm³/mol. The minimum absolute atomic E-state index is 0.179. The quantitative estimate of drug-likeness (QED) is 0.700. The second kappa shape index (κ2) is 8.92. The van der Waals surface area contributed by atoms with Crippen molar-refractivity contribution in [1.82, 2.24) is 9.88 Å². The van der Waals surface area contributed by atoms with Crippen LogP contribution in [0.15, 0.2) is 52.2 Å². The third kappa shape index (κ3) is 5.13. The molecule has 2 aromatic heterocycles. The maximum atomic E-state index is 12.8. The molecule has 0 aliphatic heterocycles. The van der Waals surface area contributed by atoms with Gasteiger partial charge in [-0.2, -0.15) is 0 Å². The van der Waals surface area contributed by atoms with Crippen molar-refractivity contribution in [3.05, 3.63) is 48.7 Å². The minimum Gasteiger partial charge on any atom is -0.467 e. The Morgan fingerprint density at radius 2 is 2.00 bits per heavy atom. The number of hydrogen-bond donors (Lipinski definition) is 0. The molecule has 0 radical (unpaired) electrons. The number of carbonyl (C=O) groups excluding carboxylic acids is 1. The topological polar surface area (TPSA) is 46.3 Å². The highest BCUT2D eigenvalue weighted by molar-refractivity contribution is 8.00. The fraction of sp³-hybridized carbons (Fsp3) is 0.474. The number of aromatic nitrogens is 1. The van der Waals surface area contributed by atoms with Crippen LogP contribution >= 0.6 is 11.8 Å². The lowest BCUT2D eigenvalue weighted by molar-refractivity contribution is -0.130. The van der Waals surface area contributed by atoms with Gasteiger partial charge in [0.1, 0.15) is 5.76 Å². The largest absolute Gasteiger partial charge is 0.467 e. The Morgan fingerprint density at radius 3 is 2.71 bits per heavy atom. The molecule has 0 bridgehead atoms. The molecule has 0 N–H and O–H groups in total. The molecular formula is C19H24N2O2S. The van der Waals surface area contributed by atoms with Crippen LogP contribution in [0, 0.1) is 5.92 Å².